The lowest BCUT2D eigenvalue weighted by Crippen LogP contribution is -2.12. The molecule has 3 aromatic rings. The molecule has 118 valence electrons. The molecule has 0 spiro atoms. The lowest BCUT2D eigenvalue weighted by molar-refractivity contribution is 0.204. The molecule has 0 amide bonds. The predicted molar refractivity (Wildman–Crippen MR) is 92.5 cm³/mol. The van der Waals surface area contributed by atoms with E-state index in [4.69, 9.17) is 0 Å². The molecule has 0 aliphatic rings. The van der Waals surface area contributed by atoms with E-state index in [9.17, 15) is 5.11 Å². The average molecular weight is 306 g/mol. The molecular weight excluding hydrogens is 284 g/mol. The lowest BCUT2D eigenvalue weighted by Gasteiger charge is -2.17. The second kappa shape index (κ2) is 6.39. The van der Waals surface area contributed by atoms with E-state index in [-0.39, 0.29) is 0 Å². The van der Waals surface area contributed by atoms with Gasteiger partial charge in [-0.3, -0.25) is 0 Å². The first kappa shape index (κ1) is 15.5. The first-order chi connectivity index (χ1) is 11.1. The highest BCUT2D eigenvalue weighted by molar-refractivity contribution is 5.37. The van der Waals surface area contributed by atoms with Crippen molar-refractivity contribution < 1.29 is 5.11 Å². The zero-order valence-corrected chi connectivity index (χ0v) is 13.8. The number of rotatable bonds is 4. The van der Waals surface area contributed by atoms with Crippen LogP contribution in [0.4, 0.5) is 0 Å². The molecule has 3 nitrogen and oxygen atoms in total. The average Bonchev–Trinajstić information content (AvgIpc) is 3.00. The van der Waals surface area contributed by atoms with Gasteiger partial charge in [-0.2, -0.15) is 0 Å². The van der Waals surface area contributed by atoms with Crippen LogP contribution >= 0.6 is 0 Å². The molecule has 0 saturated heterocycles. The van der Waals surface area contributed by atoms with Crippen molar-refractivity contribution in [3.8, 4) is 0 Å². The molecule has 1 N–H and O–H groups in total. The van der Waals surface area contributed by atoms with Gasteiger partial charge in [0.05, 0.1) is 0 Å². The van der Waals surface area contributed by atoms with Crippen LogP contribution in [0, 0.1) is 20.8 Å². The van der Waals surface area contributed by atoms with Crippen LogP contribution < -0.4 is 0 Å². The fraction of sp³-hybridized carbons (Fsp3) is 0.250. The van der Waals surface area contributed by atoms with Crippen molar-refractivity contribution in [2.45, 2.75) is 33.4 Å². The van der Waals surface area contributed by atoms with Gasteiger partial charge in [0.2, 0.25) is 0 Å². The minimum absolute atomic E-state index is 0.680. The molecule has 0 aliphatic carbocycles. The number of aliphatic hydroxyl groups is 1. The van der Waals surface area contributed by atoms with Gasteiger partial charge in [-0.15, -0.1) is 0 Å². The highest BCUT2D eigenvalue weighted by Crippen LogP contribution is 2.25. The van der Waals surface area contributed by atoms with Crippen molar-refractivity contribution >= 4 is 0 Å². The van der Waals surface area contributed by atoms with Gasteiger partial charge in [0.15, 0.2) is 0 Å². The van der Waals surface area contributed by atoms with E-state index in [1.165, 1.54) is 16.7 Å². The molecule has 1 unspecified atom stereocenters. The standard InChI is InChI=1S/C20H22N2O/c1-14-7-9-17(10-8-14)13-22-12-11-21-20(22)19(23)18-6-4-5-15(2)16(18)3/h4-12,19,23H,13H2,1-3H3. The molecule has 0 aliphatic heterocycles. The van der Waals surface area contributed by atoms with Crippen molar-refractivity contribution in [1.29, 1.82) is 0 Å². The lowest BCUT2D eigenvalue weighted by atomic mass is 9.98. The van der Waals surface area contributed by atoms with E-state index in [2.05, 4.69) is 49.2 Å². The van der Waals surface area contributed by atoms with E-state index in [0.29, 0.717) is 12.4 Å². The van der Waals surface area contributed by atoms with Gasteiger partial charge in [-0.25, -0.2) is 4.98 Å². The van der Waals surface area contributed by atoms with Crippen LogP contribution in [0.25, 0.3) is 0 Å². The molecule has 0 radical (unpaired) electrons. The van der Waals surface area contributed by atoms with Gasteiger partial charge in [0, 0.05) is 18.9 Å². The molecule has 1 aromatic heterocycles. The number of imidazole rings is 1. The van der Waals surface area contributed by atoms with Crippen molar-refractivity contribution in [1.82, 2.24) is 9.55 Å². The number of hydrogen-bond donors (Lipinski definition) is 1. The molecule has 0 bridgehead atoms. The third kappa shape index (κ3) is 3.20. The number of benzene rings is 2. The summed E-state index contributed by atoms with van der Waals surface area (Å²) >= 11 is 0. The van der Waals surface area contributed by atoms with Crippen LogP contribution in [-0.2, 0) is 6.54 Å². The molecule has 23 heavy (non-hydrogen) atoms. The summed E-state index contributed by atoms with van der Waals surface area (Å²) in [6.45, 7) is 6.89. The summed E-state index contributed by atoms with van der Waals surface area (Å²) in [4.78, 5) is 4.39. The van der Waals surface area contributed by atoms with Crippen LogP contribution in [0.2, 0.25) is 0 Å². The quantitative estimate of drug-likeness (QED) is 0.793. The van der Waals surface area contributed by atoms with Gasteiger partial charge in [0.25, 0.3) is 0 Å². The second-order valence-electron chi connectivity index (χ2n) is 6.09. The Bertz CT molecular complexity index is 803. The van der Waals surface area contributed by atoms with Crippen LogP contribution in [0.15, 0.2) is 54.9 Å². The monoisotopic (exact) mass is 306 g/mol. The summed E-state index contributed by atoms with van der Waals surface area (Å²) in [6.07, 6.45) is 2.96. The van der Waals surface area contributed by atoms with Gasteiger partial charge in [-0.1, -0.05) is 48.0 Å². The summed E-state index contributed by atoms with van der Waals surface area (Å²) in [6, 6.07) is 14.4. The van der Waals surface area contributed by atoms with Gasteiger partial charge < -0.3 is 9.67 Å². The largest absolute Gasteiger partial charge is 0.380 e. The zero-order chi connectivity index (χ0) is 16.4. The second-order valence-corrected chi connectivity index (χ2v) is 6.09. The smallest absolute Gasteiger partial charge is 0.142 e. The van der Waals surface area contributed by atoms with E-state index in [1.54, 1.807) is 6.20 Å². The SMILES string of the molecule is Cc1ccc(Cn2ccnc2C(O)c2cccc(C)c2C)cc1. The maximum Gasteiger partial charge on any atom is 0.142 e. The van der Waals surface area contributed by atoms with Crippen LogP contribution in [-0.4, -0.2) is 14.7 Å². The zero-order valence-electron chi connectivity index (χ0n) is 13.8. The Morgan fingerprint density at radius 2 is 1.78 bits per heavy atom. The Morgan fingerprint density at radius 1 is 1.04 bits per heavy atom. The number of aliphatic hydroxyl groups excluding tert-OH is 1. The van der Waals surface area contributed by atoms with Gasteiger partial charge >= 0.3 is 0 Å². The van der Waals surface area contributed by atoms with Crippen molar-refractivity contribution in [3.63, 3.8) is 0 Å². The van der Waals surface area contributed by atoms with Crippen LogP contribution in [0.1, 0.15) is 39.7 Å². The Morgan fingerprint density at radius 3 is 2.52 bits per heavy atom. The summed E-state index contributed by atoms with van der Waals surface area (Å²) in [7, 11) is 0. The van der Waals surface area contributed by atoms with E-state index >= 15 is 0 Å². The maximum absolute atomic E-state index is 10.8. The summed E-state index contributed by atoms with van der Waals surface area (Å²) < 4.78 is 2.01. The van der Waals surface area contributed by atoms with Crippen molar-refractivity contribution in [3.05, 3.63) is 88.5 Å². The molecule has 1 atom stereocenters. The van der Waals surface area contributed by atoms with E-state index in [1.807, 2.05) is 29.8 Å². The minimum atomic E-state index is -0.713. The number of aryl methyl sites for hydroxylation is 2. The van der Waals surface area contributed by atoms with Crippen LogP contribution in [0.3, 0.4) is 0 Å². The Balaban J connectivity index is 1.91. The third-order valence-electron chi connectivity index (χ3n) is 4.41. The highest BCUT2D eigenvalue weighted by atomic mass is 16.3. The maximum atomic E-state index is 10.8. The Kier molecular flexibility index (Phi) is 4.30. The minimum Gasteiger partial charge on any atom is -0.380 e. The number of hydrogen-bond acceptors (Lipinski definition) is 2. The number of nitrogens with zero attached hydrogens (tertiary/aromatic N) is 2. The molecule has 3 heteroatoms. The predicted octanol–water partition coefficient (Wildman–Crippen LogP) is 3.94. The van der Waals surface area contributed by atoms with Gasteiger partial charge in [-0.05, 0) is 43.0 Å². The number of aromatic nitrogens is 2. The normalized spacial score (nSPS) is 12.3. The fourth-order valence-electron chi connectivity index (χ4n) is 2.80. The Labute approximate surface area is 137 Å². The third-order valence-corrected chi connectivity index (χ3v) is 4.41. The molecule has 0 fully saturated rings. The first-order valence-electron chi connectivity index (χ1n) is 7.87. The molecule has 2 aromatic carbocycles. The van der Waals surface area contributed by atoms with E-state index in [0.717, 1.165) is 11.1 Å². The Hall–Kier alpha value is -2.39. The summed E-state index contributed by atoms with van der Waals surface area (Å²) in [5.41, 5.74) is 5.66. The topological polar surface area (TPSA) is 38.0 Å². The van der Waals surface area contributed by atoms with Gasteiger partial charge in [0.1, 0.15) is 11.9 Å². The van der Waals surface area contributed by atoms with Crippen LogP contribution in [0.5, 0.6) is 0 Å². The molecule has 3 rings (SSSR count). The fourth-order valence-corrected chi connectivity index (χ4v) is 2.80. The van der Waals surface area contributed by atoms with Crippen molar-refractivity contribution in [2.24, 2.45) is 0 Å². The summed E-state index contributed by atoms with van der Waals surface area (Å²) in [5.74, 6) is 0.680. The molecule has 0 saturated carbocycles. The molecular formula is C20H22N2O. The summed E-state index contributed by atoms with van der Waals surface area (Å²) in [5, 5.41) is 10.8. The first-order valence-corrected chi connectivity index (χ1v) is 7.87. The van der Waals surface area contributed by atoms with Crippen molar-refractivity contribution in [2.75, 3.05) is 0 Å². The highest BCUT2D eigenvalue weighted by Gasteiger charge is 2.18. The van der Waals surface area contributed by atoms with E-state index < -0.39 is 6.10 Å². The molecule has 1 heterocycles.